The van der Waals surface area contributed by atoms with E-state index in [0.717, 1.165) is 102 Å². The second kappa shape index (κ2) is 66.9. The van der Waals surface area contributed by atoms with Crippen molar-refractivity contribution in [3.8, 4) is 0 Å². The number of aliphatic hydroxyl groups is 1. The Morgan fingerprint density at radius 1 is 0.287 bits per heavy atom. The molecule has 0 aliphatic heterocycles. The molecule has 19 heteroatoms. The lowest BCUT2D eigenvalue weighted by molar-refractivity contribution is -0.161. The van der Waals surface area contributed by atoms with Gasteiger partial charge in [0.05, 0.1) is 26.4 Å². The van der Waals surface area contributed by atoms with E-state index in [1.54, 1.807) is 0 Å². The Bertz CT molecular complexity index is 1820. The van der Waals surface area contributed by atoms with E-state index in [0.29, 0.717) is 25.7 Å². The molecule has 0 aromatic carbocycles. The maximum Gasteiger partial charge on any atom is 0.472 e. The molecule has 0 saturated carbocycles. The normalized spacial score (nSPS) is 14.0. The topological polar surface area (TPSA) is 237 Å². The Morgan fingerprint density at radius 3 is 0.723 bits per heavy atom. The smallest absolute Gasteiger partial charge is 0.462 e. The van der Waals surface area contributed by atoms with Gasteiger partial charge in [-0.1, -0.05) is 337 Å². The number of hydrogen-bond donors (Lipinski definition) is 3. The maximum absolute atomic E-state index is 13.1. The molecular weight excluding hydrogens is 1230 g/mol. The summed E-state index contributed by atoms with van der Waals surface area (Å²) in [4.78, 5) is 72.8. The van der Waals surface area contributed by atoms with E-state index < -0.39 is 97.5 Å². The van der Waals surface area contributed by atoms with Gasteiger partial charge in [0, 0.05) is 25.7 Å². The Balaban J connectivity index is 5.27. The molecule has 0 saturated heterocycles. The highest BCUT2D eigenvalue weighted by molar-refractivity contribution is 7.47. The van der Waals surface area contributed by atoms with Gasteiger partial charge in [-0.15, -0.1) is 0 Å². The van der Waals surface area contributed by atoms with Crippen LogP contribution in [0.4, 0.5) is 0 Å². The standard InChI is InChI=1S/C75H146O17P2/c1-7-9-11-13-15-17-19-21-22-24-26-35-41-47-53-59-74(79)91-70(64-86-73(78)58-52-46-40-34-29-27-31-37-43-49-55-67(3)4)65-89-93(81,82)87-61-69(76)62-88-94(83,84)90-66-71(92-75(80)60-54-48-42-36-30-28-32-38-44-50-56-68(5)6)63-85-72(77)57-51-45-39-33-25-23-20-18-16-14-12-10-8-2/h67-71,76H,7-66H2,1-6H3,(H,81,82)(H,83,84)/t69-,70-,71-/m1/s1. The number of phosphoric ester groups is 2. The number of phosphoric acid groups is 2. The zero-order valence-electron chi connectivity index (χ0n) is 61.3. The van der Waals surface area contributed by atoms with E-state index in [4.69, 9.17) is 37.0 Å². The maximum atomic E-state index is 13.1. The van der Waals surface area contributed by atoms with Crippen LogP contribution in [-0.4, -0.2) is 96.7 Å². The lowest BCUT2D eigenvalue weighted by Gasteiger charge is -2.21. The van der Waals surface area contributed by atoms with Crippen LogP contribution < -0.4 is 0 Å². The molecule has 0 amide bonds. The van der Waals surface area contributed by atoms with Crippen molar-refractivity contribution in [1.82, 2.24) is 0 Å². The minimum Gasteiger partial charge on any atom is -0.462 e. The zero-order valence-corrected chi connectivity index (χ0v) is 63.1. The molecule has 0 bridgehead atoms. The molecule has 0 aliphatic rings. The van der Waals surface area contributed by atoms with E-state index in [1.165, 1.54) is 205 Å². The molecule has 17 nitrogen and oxygen atoms in total. The molecule has 3 N–H and O–H groups in total. The number of unbranched alkanes of at least 4 members (excludes halogenated alkanes) is 44. The third-order valence-corrected chi connectivity index (χ3v) is 19.4. The summed E-state index contributed by atoms with van der Waals surface area (Å²) in [5.74, 6) is -0.604. The molecule has 0 heterocycles. The average molecular weight is 1380 g/mol. The fourth-order valence-corrected chi connectivity index (χ4v) is 13.1. The first kappa shape index (κ1) is 92.1. The number of aliphatic hydroxyl groups excluding tert-OH is 1. The third kappa shape index (κ3) is 68.6. The van der Waals surface area contributed by atoms with Gasteiger partial charge in [-0.25, -0.2) is 9.13 Å². The quantitative estimate of drug-likeness (QED) is 0.0222. The SMILES string of the molecule is CCCCCCCCCCCCCCCCCC(=O)O[C@H](COC(=O)CCCCCCCCCCCCC(C)C)COP(=O)(O)OC[C@@H](O)COP(=O)(O)OC[C@@H](COC(=O)CCCCCCCCCCCCCCC)OC(=O)CCCCCCCCCCCCC(C)C. The fourth-order valence-electron chi connectivity index (χ4n) is 11.5. The van der Waals surface area contributed by atoms with Crippen LogP contribution in [0.1, 0.15) is 388 Å². The summed E-state index contributed by atoms with van der Waals surface area (Å²) in [7, 11) is -9.91. The average Bonchev–Trinajstić information content (AvgIpc) is 1.70. The summed E-state index contributed by atoms with van der Waals surface area (Å²) in [6.07, 6.45) is 53.9. The van der Waals surface area contributed by atoms with Crippen LogP contribution in [0.15, 0.2) is 0 Å². The Labute approximate surface area is 575 Å². The van der Waals surface area contributed by atoms with Gasteiger partial charge in [-0.3, -0.25) is 37.3 Å². The van der Waals surface area contributed by atoms with Gasteiger partial charge in [-0.2, -0.15) is 0 Å². The monoisotopic (exact) mass is 1380 g/mol. The number of esters is 4. The van der Waals surface area contributed by atoms with Crippen LogP contribution in [0.25, 0.3) is 0 Å². The molecule has 94 heavy (non-hydrogen) atoms. The van der Waals surface area contributed by atoms with Crippen LogP contribution in [0.2, 0.25) is 0 Å². The number of ether oxygens (including phenoxy) is 4. The second-order valence-electron chi connectivity index (χ2n) is 28.0. The van der Waals surface area contributed by atoms with E-state index >= 15 is 0 Å². The van der Waals surface area contributed by atoms with Crippen LogP contribution in [0.5, 0.6) is 0 Å². The Morgan fingerprint density at radius 2 is 0.489 bits per heavy atom. The second-order valence-corrected chi connectivity index (χ2v) is 30.9. The van der Waals surface area contributed by atoms with Gasteiger partial charge in [0.15, 0.2) is 12.2 Å². The van der Waals surface area contributed by atoms with Crippen molar-refractivity contribution in [2.45, 2.75) is 407 Å². The van der Waals surface area contributed by atoms with Crippen molar-refractivity contribution in [2.24, 2.45) is 11.8 Å². The molecular formula is C75H146O17P2. The highest BCUT2D eigenvalue weighted by Crippen LogP contribution is 2.45. The molecule has 2 unspecified atom stereocenters. The molecule has 5 atom stereocenters. The fraction of sp³-hybridized carbons (Fsp3) is 0.947. The van der Waals surface area contributed by atoms with Crippen LogP contribution in [-0.2, 0) is 65.4 Å². The van der Waals surface area contributed by atoms with E-state index in [1.807, 2.05) is 0 Å². The molecule has 0 spiro atoms. The zero-order chi connectivity index (χ0) is 69.3. The van der Waals surface area contributed by atoms with Gasteiger partial charge < -0.3 is 33.8 Å². The van der Waals surface area contributed by atoms with Crippen molar-refractivity contribution in [2.75, 3.05) is 39.6 Å². The van der Waals surface area contributed by atoms with Crippen LogP contribution >= 0.6 is 15.6 Å². The van der Waals surface area contributed by atoms with Crippen molar-refractivity contribution < 1.29 is 80.2 Å². The Kier molecular flexibility index (Phi) is 65.5. The minimum atomic E-state index is -4.96. The third-order valence-electron chi connectivity index (χ3n) is 17.5. The highest BCUT2D eigenvalue weighted by Gasteiger charge is 2.30. The summed E-state index contributed by atoms with van der Waals surface area (Å²) in [5.41, 5.74) is 0. The van der Waals surface area contributed by atoms with E-state index in [-0.39, 0.29) is 25.7 Å². The van der Waals surface area contributed by atoms with Gasteiger partial charge in [0.1, 0.15) is 19.3 Å². The molecule has 0 aromatic heterocycles. The largest absolute Gasteiger partial charge is 0.472 e. The summed E-state index contributed by atoms with van der Waals surface area (Å²) in [6, 6.07) is 0. The number of carbonyl (C=O) groups excluding carboxylic acids is 4. The first-order valence-corrected chi connectivity index (χ1v) is 42.0. The van der Waals surface area contributed by atoms with Gasteiger partial charge in [0.25, 0.3) is 0 Å². The first-order valence-electron chi connectivity index (χ1n) is 39.0. The van der Waals surface area contributed by atoms with Crippen LogP contribution in [0, 0.1) is 11.8 Å². The van der Waals surface area contributed by atoms with E-state index in [9.17, 15) is 43.2 Å². The lowest BCUT2D eigenvalue weighted by Crippen LogP contribution is -2.30. The lowest BCUT2D eigenvalue weighted by atomic mass is 10.0. The number of hydrogen-bond acceptors (Lipinski definition) is 15. The Hall–Kier alpha value is -1.94. The first-order chi connectivity index (χ1) is 45.4. The van der Waals surface area contributed by atoms with Crippen molar-refractivity contribution in [1.29, 1.82) is 0 Å². The predicted octanol–water partition coefficient (Wildman–Crippen LogP) is 21.9. The van der Waals surface area contributed by atoms with Crippen molar-refractivity contribution >= 4 is 39.5 Å². The van der Waals surface area contributed by atoms with Crippen molar-refractivity contribution in [3.63, 3.8) is 0 Å². The summed E-state index contributed by atoms with van der Waals surface area (Å²) < 4.78 is 68.5. The molecule has 558 valence electrons. The summed E-state index contributed by atoms with van der Waals surface area (Å²) in [6.45, 7) is 9.58. The van der Waals surface area contributed by atoms with Gasteiger partial charge in [0.2, 0.25) is 0 Å². The summed E-state index contributed by atoms with van der Waals surface area (Å²) in [5, 5.41) is 10.6. The molecule has 0 aromatic rings. The summed E-state index contributed by atoms with van der Waals surface area (Å²) >= 11 is 0. The van der Waals surface area contributed by atoms with Crippen LogP contribution in [0.3, 0.4) is 0 Å². The molecule has 0 radical (unpaired) electrons. The van der Waals surface area contributed by atoms with Gasteiger partial charge >= 0.3 is 39.5 Å². The molecule has 0 aliphatic carbocycles. The molecule has 0 rings (SSSR count). The van der Waals surface area contributed by atoms with Gasteiger partial charge in [-0.05, 0) is 37.5 Å². The number of rotatable bonds is 74. The minimum absolute atomic E-state index is 0.106. The number of carbonyl (C=O) groups is 4. The molecule has 0 fully saturated rings. The van der Waals surface area contributed by atoms with Crippen molar-refractivity contribution in [3.05, 3.63) is 0 Å². The van der Waals surface area contributed by atoms with E-state index in [2.05, 4.69) is 41.5 Å². The highest BCUT2D eigenvalue weighted by atomic mass is 31.2. The predicted molar refractivity (Wildman–Crippen MR) is 381 cm³/mol.